The van der Waals surface area contributed by atoms with E-state index in [0.29, 0.717) is 56.7 Å². The van der Waals surface area contributed by atoms with Gasteiger partial charge in [0, 0.05) is 23.0 Å². The minimum atomic E-state index is -1.45. The van der Waals surface area contributed by atoms with Crippen LogP contribution in [0.5, 0.6) is 0 Å². The van der Waals surface area contributed by atoms with E-state index in [1.807, 2.05) is 58.9 Å². The molecular weight excluding hydrogens is 1000 g/mol. The number of benzene rings is 1. The van der Waals surface area contributed by atoms with Crippen LogP contribution in [0.15, 0.2) is 24.3 Å². The summed E-state index contributed by atoms with van der Waals surface area (Å²) >= 11 is 2.71. The highest BCUT2D eigenvalue weighted by Gasteiger charge is 2.36. The number of nitrogens with two attached hydrogens (primary N) is 4. The lowest BCUT2D eigenvalue weighted by Gasteiger charge is -2.30. The third-order valence-electron chi connectivity index (χ3n) is 12.5. The van der Waals surface area contributed by atoms with Crippen LogP contribution >= 0.6 is 23.5 Å². The Bertz CT molecular complexity index is 2030. The number of amides is 9. The third-order valence-corrected chi connectivity index (χ3v) is 14.7. The smallest absolute Gasteiger partial charge is 0.245 e. The van der Waals surface area contributed by atoms with Gasteiger partial charge in [0.05, 0.1) is 12.1 Å². The summed E-state index contributed by atoms with van der Waals surface area (Å²) in [5.41, 5.74) is 24.9. The molecule has 0 aromatic heterocycles. The van der Waals surface area contributed by atoms with Gasteiger partial charge >= 0.3 is 0 Å². The first kappa shape index (κ1) is 66.1. The van der Waals surface area contributed by atoms with Crippen molar-refractivity contribution in [1.82, 2.24) is 42.5 Å². The molecule has 0 fully saturated rings. The van der Waals surface area contributed by atoms with Gasteiger partial charge in [-0.2, -0.15) is 23.5 Å². The van der Waals surface area contributed by atoms with Gasteiger partial charge in [0.1, 0.15) is 48.3 Å². The quantitative estimate of drug-likeness (QED) is 0.0589. The number of aliphatic hydroxyl groups is 1. The van der Waals surface area contributed by atoms with Gasteiger partial charge in [-0.25, -0.2) is 0 Å². The van der Waals surface area contributed by atoms with Crippen molar-refractivity contribution in [2.75, 3.05) is 24.6 Å². The van der Waals surface area contributed by atoms with Crippen molar-refractivity contribution in [2.45, 2.75) is 185 Å². The highest BCUT2D eigenvalue weighted by Crippen LogP contribution is 2.21. The van der Waals surface area contributed by atoms with Crippen LogP contribution in [-0.2, 0) is 54.7 Å². The van der Waals surface area contributed by atoms with E-state index in [9.17, 15) is 48.3 Å². The molecule has 0 spiro atoms. The lowest BCUT2D eigenvalue weighted by molar-refractivity contribution is -0.136. The minimum absolute atomic E-state index is 0.00638. The number of rotatable bonds is 24. The van der Waals surface area contributed by atoms with E-state index in [2.05, 4.69) is 42.5 Å². The van der Waals surface area contributed by atoms with E-state index in [1.54, 1.807) is 6.92 Å². The molecule has 0 aliphatic carbocycles. The molecule has 22 nitrogen and oxygen atoms in total. The Morgan fingerprint density at radius 2 is 1.28 bits per heavy atom. The number of unbranched alkanes of at least 4 members (excludes halogenated alkanes) is 2. The van der Waals surface area contributed by atoms with E-state index in [-0.39, 0.29) is 49.0 Å². The Hall–Kier alpha value is -5.01. The molecule has 0 unspecified atom stereocenters. The van der Waals surface area contributed by atoms with Crippen molar-refractivity contribution >= 4 is 76.7 Å². The molecule has 11 atom stereocenters. The summed E-state index contributed by atoms with van der Waals surface area (Å²) in [6.45, 7) is 14.3. The number of carbonyl (C=O) groups excluding carboxylic acids is 9. The number of hydrogen-bond donors (Lipinski definition) is 13. The maximum absolute atomic E-state index is 14.6. The molecule has 0 saturated carbocycles. The van der Waals surface area contributed by atoms with Crippen LogP contribution in [0.3, 0.4) is 0 Å². The maximum atomic E-state index is 14.6. The molecule has 424 valence electrons. The topological polar surface area (TPSA) is 374 Å². The van der Waals surface area contributed by atoms with Gasteiger partial charge in [0.25, 0.3) is 0 Å². The first-order chi connectivity index (χ1) is 35.4. The van der Waals surface area contributed by atoms with Crippen molar-refractivity contribution < 1.29 is 48.3 Å². The highest BCUT2D eigenvalue weighted by molar-refractivity contribution is 7.98. The van der Waals surface area contributed by atoms with Crippen LogP contribution in [0.25, 0.3) is 0 Å². The predicted molar refractivity (Wildman–Crippen MR) is 293 cm³/mol. The summed E-state index contributed by atoms with van der Waals surface area (Å²) in [5, 5.41) is 32.3. The Morgan fingerprint density at radius 3 is 1.84 bits per heavy atom. The van der Waals surface area contributed by atoms with Gasteiger partial charge in [0.15, 0.2) is 0 Å². The summed E-state index contributed by atoms with van der Waals surface area (Å²) < 4.78 is 0. The number of thioether (sulfide) groups is 2. The summed E-state index contributed by atoms with van der Waals surface area (Å²) in [6.07, 6.45) is 1.40. The number of fused-ring (bicyclic) bond motifs is 2. The molecule has 9 amide bonds. The van der Waals surface area contributed by atoms with Gasteiger partial charge in [0.2, 0.25) is 53.2 Å². The first-order valence-corrected chi connectivity index (χ1v) is 28.5. The van der Waals surface area contributed by atoms with Crippen molar-refractivity contribution in [1.29, 1.82) is 0 Å². The van der Waals surface area contributed by atoms with E-state index in [0.717, 1.165) is 11.1 Å². The summed E-state index contributed by atoms with van der Waals surface area (Å²) in [6, 6.07) is -3.05. The molecule has 2 rings (SSSR count). The average molecular weight is 1090 g/mol. The van der Waals surface area contributed by atoms with Crippen molar-refractivity contribution in [2.24, 2.45) is 40.7 Å². The summed E-state index contributed by atoms with van der Waals surface area (Å²) in [4.78, 5) is 124. The second-order valence-electron chi connectivity index (χ2n) is 20.3. The lowest BCUT2D eigenvalue weighted by atomic mass is 9.96. The zero-order chi connectivity index (χ0) is 56.4. The van der Waals surface area contributed by atoms with Crippen molar-refractivity contribution in [3.8, 4) is 0 Å². The summed E-state index contributed by atoms with van der Waals surface area (Å²) in [5.74, 6) is -6.06. The highest BCUT2D eigenvalue weighted by atomic mass is 32.2. The fourth-order valence-electron chi connectivity index (χ4n) is 7.96. The first-order valence-electron chi connectivity index (χ1n) is 26.2. The van der Waals surface area contributed by atoms with Gasteiger partial charge in [-0.1, -0.05) is 72.2 Å². The second-order valence-corrected chi connectivity index (χ2v) is 22.4. The fraction of sp³-hybridized carbons (Fsp3) is 0.706. The van der Waals surface area contributed by atoms with Crippen LogP contribution in [0.4, 0.5) is 0 Å². The van der Waals surface area contributed by atoms with Crippen LogP contribution in [0.2, 0.25) is 0 Å². The van der Waals surface area contributed by atoms with E-state index < -0.39 is 120 Å². The number of carbonyl (C=O) groups is 9. The molecule has 0 saturated heterocycles. The Morgan fingerprint density at radius 1 is 0.693 bits per heavy atom. The predicted octanol–water partition coefficient (Wildman–Crippen LogP) is -0.345. The SMILES string of the molecule is CC[C@H](C)[C@@H]1NC(=O)[C@H](CC(C)C)NC(=O)[C@H](CCCCN)NC(=O)[C@@H](NC(=O)[C@H](CCCCN)NC(=O)[C@H](CC(C)C)NC(=O)[C@@H](NC(=O)[C@H](C)N)[C@@H](C)O)CSCc2cccc(c2)CSC[C@@H](C(N)=O)NC1=O. The molecular formula is C51H88N12O10S2. The Kier molecular flexibility index (Phi) is 30.5. The second kappa shape index (κ2) is 34.6. The molecule has 24 heteroatoms. The van der Waals surface area contributed by atoms with Crippen LogP contribution in [0.1, 0.15) is 124 Å². The molecule has 1 aromatic rings. The third kappa shape index (κ3) is 24.3. The number of aliphatic hydroxyl groups excluding tert-OH is 1. The number of hydrogen-bond acceptors (Lipinski definition) is 15. The van der Waals surface area contributed by atoms with Crippen molar-refractivity contribution in [3.63, 3.8) is 0 Å². The fourth-order valence-corrected chi connectivity index (χ4v) is 9.98. The number of nitrogens with one attached hydrogen (secondary N) is 8. The van der Waals surface area contributed by atoms with E-state index in [4.69, 9.17) is 22.9 Å². The minimum Gasteiger partial charge on any atom is -0.391 e. The van der Waals surface area contributed by atoms with Crippen LogP contribution < -0.4 is 65.5 Å². The van der Waals surface area contributed by atoms with Gasteiger partial charge < -0.3 is 70.6 Å². The van der Waals surface area contributed by atoms with E-state index in [1.165, 1.54) is 37.4 Å². The molecule has 2 bridgehead atoms. The maximum Gasteiger partial charge on any atom is 0.245 e. The Labute approximate surface area is 451 Å². The largest absolute Gasteiger partial charge is 0.391 e. The monoisotopic (exact) mass is 1090 g/mol. The average Bonchev–Trinajstić information content (AvgIpc) is 3.34. The molecule has 1 heterocycles. The van der Waals surface area contributed by atoms with Crippen LogP contribution in [0, 0.1) is 17.8 Å². The van der Waals surface area contributed by atoms with Crippen LogP contribution in [-0.4, -0.2) is 143 Å². The van der Waals surface area contributed by atoms with Gasteiger partial charge in [-0.3, -0.25) is 43.2 Å². The molecule has 0 radical (unpaired) electrons. The molecule has 17 N–H and O–H groups in total. The van der Waals surface area contributed by atoms with Gasteiger partial charge in [-0.15, -0.1) is 0 Å². The molecule has 1 aliphatic heterocycles. The van der Waals surface area contributed by atoms with E-state index >= 15 is 0 Å². The zero-order valence-electron chi connectivity index (χ0n) is 45.2. The number of primary amides is 1. The normalized spacial score (nSPS) is 22.0. The van der Waals surface area contributed by atoms with Crippen molar-refractivity contribution in [3.05, 3.63) is 35.4 Å². The zero-order valence-corrected chi connectivity index (χ0v) is 46.8. The molecule has 75 heavy (non-hydrogen) atoms. The lowest BCUT2D eigenvalue weighted by Crippen LogP contribution is -2.61. The molecule has 1 aliphatic rings. The summed E-state index contributed by atoms with van der Waals surface area (Å²) in [7, 11) is 0. The molecule has 1 aromatic carbocycles. The Balaban J connectivity index is 2.67. The van der Waals surface area contributed by atoms with Gasteiger partial charge in [-0.05, 0) is 107 Å². The standard InChI is InChI=1S/C51H88N12O10S2/c1-9-30(6)41-50(72)60-39(43(55)65)26-74-24-33-15-14-16-34(23-33)25-75-27-40(49(71)57-35(17-10-12-19-52)45(67)58-38(22-29(4)5)48(70)62-41)61-46(68)36(18-11-13-20-53)56-47(69)37(21-28(2)3)59-51(73)42(32(8)64)63-44(66)31(7)54/h14-16,23,28-32,35-42,64H,9-13,17-22,24-27,52-54H2,1-8H3,(H2,55,65)(H,56,69)(H,57,71)(H,58,67)(H,59,73)(H,60,72)(H,61,68)(H,62,70)(H,63,66)/t30-,31-,32+,35-,36-,37-,38-,39-,40-,41-,42-/m0/s1.